The summed E-state index contributed by atoms with van der Waals surface area (Å²) in [6.07, 6.45) is 0.836. The van der Waals surface area contributed by atoms with Crippen LogP contribution in [0.1, 0.15) is 11.1 Å². The van der Waals surface area contributed by atoms with Crippen molar-refractivity contribution in [1.82, 2.24) is 0 Å². The Bertz CT molecular complexity index is 641. The average molecular weight is 388 g/mol. The molecule has 5 heteroatoms. The Morgan fingerprint density at radius 1 is 1.10 bits per heavy atom. The molecule has 0 spiro atoms. The summed E-state index contributed by atoms with van der Waals surface area (Å²) in [5, 5.41) is 10.5. The van der Waals surface area contributed by atoms with Crippen LogP contribution in [0.4, 0.5) is 0 Å². The van der Waals surface area contributed by atoms with E-state index in [2.05, 4.69) is 15.9 Å². The molecular formula is C16H13BrCl2O2. The van der Waals surface area contributed by atoms with Crippen molar-refractivity contribution < 1.29 is 9.90 Å². The summed E-state index contributed by atoms with van der Waals surface area (Å²) in [7, 11) is 0. The van der Waals surface area contributed by atoms with Crippen LogP contribution in [-0.4, -0.2) is 11.1 Å². The highest BCUT2D eigenvalue weighted by atomic mass is 79.9. The number of hydrogen-bond acceptors (Lipinski definition) is 1. The zero-order chi connectivity index (χ0) is 15.4. The average Bonchev–Trinajstić information content (AvgIpc) is 2.43. The fourth-order valence-corrected chi connectivity index (χ4v) is 2.85. The summed E-state index contributed by atoms with van der Waals surface area (Å²) in [4.78, 5) is 11.5. The van der Waals surface area contributed by atoms with Crippen LogP contribution in [0.25, 0.3) is 0 Å². The fourth-order valence-electron chi connectivity index (χ4n) is 2.10. The predicted octanol–water partition coefficient (Wildman–Crippen LogP) is 5.24. The van der Waals surface area contributed by atoms with Gasteiger partial charge >= 0.3 is 5.97 Å². The second kappa shape index (κ2) is 7.30. The van der Waals surface area contributed by atoms with E-state index in [-0.39, 0.29) is 0 Å². The third-order valence-corrected chi connectivity index (χ3v) is 4.34. The molecule has 0 amide bonds. The fraction of sp³-hybridized carbons (Fsp3) is 0.188. The van der Waals surface area contributed by atoms with Crippen LogP contribution in [0.2, 0.25) is 10.0 Å². The maximum absolute atomic E-state index is 11.5. The van der Waals surface area contributed by atoms with Crippen LogP contribution in [0.3, 0.4) is 0 Å². The van der Waals surface area contributed by atoms with Crippen molar-refractivity contribution in [1.29, 1.82) is 0 Å². The lowest BCUT2D eigenvalue weighted by molar-refractivity contribution is -0.141. The Labute approximate surface area is 141 Å². The number of hydrogen-bond donors (Lipinski definition) is 1. The van der Waals surface area contributed by atoms with E-state index in [1.54, 1.807) is 18.2 Å². The Kier molecular flexibility index (Phi) is 5.68. The molecule has 0 saturated heterocycles. The summed E-state index contributed by atoms with van der Waals surface area (Å²) >= 11 is 15.3. The normalized spacial score (nSPS) is 12.1. The molecule has 0 bridgehead atoms. The molecule has 2 aromatic rings. The van der Waals surface area contributed by atoms with Crippen molar-refractivity contribution in [3.05, 3.63) is 68.1 Å². The maximum atomic E-state index is 11.5. The smallest absolute Gasteiger partial charge is 0.307 e. The molecular weight excluding hydrogens is 375 g/mol. The van der Waals surface area contributed by atoms with Gasteiger partial charge in [0.15, 0.2) is 0 Å². The topological polar surface area (TPSA) is 37.3 Å². The van der Waals surface area contributed by atoms with Crippen LogP contribution < -0.4 is 0 Å². The van der Waals surface area contributed by atoms with Gasteiger partial charge in [-0.3, -0.25) is 4.79 Å². The second-order valence-corrected chi connectivity index (χ2v) is 6.56. The van der Waals surface area contributed by atoms with Gasteiger partial charge in [0, 0.05) is 14.5 Å². The van der Waals surface area contributed by atoms with Crippen LogP contribution in [0, 0.1) is 5.92 Å². The molecule has 0 saturated carbocycles. The van der Waals surface area contributed by atoms with Gasteiger partial charge in [-0.15, -0.1) is 0 Å². The van der Waals surface area contributed by atoms with Gasteiger partial charge in [0.1, 0.15) is 0 Å². The number of rotatable bonds is 5. The minimum Gasteiger partial charge on any atom is -0.481 e. The van der Waals surface area contributed by atoms with Crippen molar-refractivity contribution in [2.45, 2.75) is 12.8 Å². The van der Waals surface area contributed by atoms with E-state index in [1.807, 2.05) is 24.3 Å². The SMILES string of the molecule is O=C(O)C(Cc1ccc(Br)cc1)Cc1ccc(Cl)cc1Cl. The molecule has 1 unspecified atom stereocenters. The molecule has 0 aliphatic heterocycles. The van der Waals surface area contributed by atoms with E-state index in [0.29, 0.717) is 22.9 Å². The quantitative estimate of drug-likeness (QED) is 0.761. The number of benzene rings is 2. The first kappa shape index (κ1) is 16.3. The van der Waals surface area contributed by atoms with Gasteiger partial charge in [-0.25, -0.2) is 0 Å². The Hall–Kier alpha value is -1.03. The number of carbonyl (C=O) groups is 1. The minimum atomic E-state index is -0.830. The van der Waals surface area contributed by atoms with Gasteiger partial charge in [0.25, 0.3) is 0 Å². The monoisotopic (exact) mass is 386 g/mol. The van der Waals surface area contributed by atoms with Crippen molar-refractivity contribution in [2.24, 2.45) is 5.92 Å². The van der Waals surface area contributed by atoms with E-state index in [4.69, 9.17) is 23.2 Å². The van der Waals surface area contributed by atoms with E-state index in [9.17, 15) is 9.90 Å². The summed E-state index contributed by atoms with van der Waals surface area (Å²) < 4.78 is 0.971. The van der Waals surface area contributed by atoms with Gasteiger partial charge in [0.2, 0.25) is 0 Å². The van der Waals surface area contributed by atoms with Crippen LogP contribution in [0.5, 0.6) is 0 Å². The predicted molar refractivity (Wildman–Crippen MR) is 89.1 cm³/mol. The summed E-state index contributed by atoms with van der Waals surface area (Å²) in [6.45, 7) is 0. The Morgan fingerprint density at radius 3 is 2.33 bits per heavy atom. The van der Waals surface area contributed by atoms with Gasteiger partial charge in [0.05, 0.1) is 5.92 Å². The molecule has 1 atom stereocenters. The lowest BCUT2D eigenvalue weighted by Crippen LogP contribution is -2.19. The highest BCUT2D eigenvalue weighted by molar-refractivity contribution is 9.10. The first-order valence-electron chi connectivity index (χ1n) is 6.37. The third-order valence-electron chi connectivity index (χ3n) is 3.23. The van der Waals surface area contributed by atoms with Gasteiger partial charge in [-0.05, 0) is 48.2 Å². The molecule has 2 aromatic carbocycles. The van der Waals surface area contributed by atoms with Crippen molar-refractivity contribution in [3.63, 3.8) is 0 Å². The maximum Gasteiger partial charge on any atom is 0.307 e. The molecule has 2 rings (SSSR count). The third kappa shape index (κ3) is 4.73. The molecule has 1 N–H and O–H groups in total. The van der Waals surface area contributed by atoms with Crippen molar-refractivity contribution >= 4 is 45.1 Å². The zero-order valence-corrected chi connectivity index (χ0v) is 14.1. The number of carboxylic acid groups (broad SMARTS) is 1. The van der Waals surface area contributed by atoms with E-state index in [0.717, 1.165) is 15.6 Å². The molecule has 21 heavy (non-hydrogen) atoms. The van der Waals surface area contributed by atoms with Crippen LogP contribution in [-0.2, 0) is 17.6 Å². The number of aliphatic carboxylic acids is 1. The second-order valence-electron chi connectivity index (χ2n) is 4.81. The first-order valence-corrected chi connectivity index (χ1v) is 7.92. The lowest BCUT2D eigenvalue weighted by atomic mass is 9.92. The van der Waals surface area contributed by atoms with Crippen LogP contribution in [0.15, 0.2) is 46.9 Å². The Balaban J connectivity index is 2.15. The van der Waals surface area contributed by atoms with Gasteiger partial charge in [-0.2, -0.15) is 0 Å². The van der Waals surface area contributed by atoms with E-state index in [1.165, 1.54) is 0 Å². The molecule has 110 valence electrons. The number of halogens is 3. The highest BCUT2D eigenvalue weighted by Crippen LogP contribution is 2.25. The van der Waals surface area contributed by atoms with Crippen molar-refractivity contribution in [3.8, 4) is 0 Å². The van der Waals surface area contributed by atoms with E-state index < -0.39 is 11.9 Å². The standard InChI is InChI=1S/C16H13BrCl2O2/c17-13-4-1-10(2-5-13)7-12(16(20)21)8-11-3-6-14(18)9-15(11)19/h1-6,9,12H,7-8H2,(H,20,21). The molecule has 2 nitrogen and oxygen atoms in total. The minimum absolute atomic E-state index is 0.376. The summed E-state index contributed by atoms with van der Waals surface area (Å²) in [5.74, 6) is -1.35. The Morgan fingerprint density at radius 2 is 1.76 bits per heavy atom. The molecule has 0 heterocycles. The lowest BCUT2D eigenvalue weighted by Gasteiger charge is -2.14. The van der Waals surface area contributed by atoms with E-state index >= 15 is 0 Å². The molecule has 0 aliphatic carbocycles. The molecule has 0 aliphatic rings. The number of carboxylic acids is 1. The van der Waals surface area contributed by atoms with Gasteiger partial charge < -0.3 is 5.11 Å². The van der Waals surface area contributed by atoms with Crippen LogP contribution >= 0.6 is 39.1 Å². The summed E-state index contributed by atoms with van der Waals surface area (Å²) in [5.41, 5.74) is 1.78. The zero-order valence-electron chi connectivity index (χ0n) is 11.0. The molecule has 0 fully saturated rings. The van der Waals surface area contributed by atoms with Gasteiger partial charge in [-0.1, -0.05) is 57.3 Å². The first-order chi connectivity index (χ1) is 9.95. The largest absolute Gasteiger partial charge is 0.481 e. The molecule has 0 radical (unpaired) electrons. The highest BCUT2D eigenvalue weighted by Gasteiger charge is 2.20. The molecule has 0 aromatic heterocycles. The van der Waals surface area contributed by atoms with Crippen molar-refractivity contribution in [2.75, 3.05) is 0 Å². The summed E-state index contributed by atoms with van der Waals surface area (Å²) in [6, 6.07) is 12.8.